The number of nitrogens with two attached hydrogens (primary N) is 1. The molecule has 2 aliphatic carbocycles. The maximum atomic E-state index is 13.6. The van der Waals surface area contributed by atoms with Gasteiger partial charge < -0.3 is 19.9 Å². The Morgan fingerprint density at radius 1 is 1.38 bits per heavy atom. The molecule has 3 heterocycles. The van der Waals surface area contributed by atoms with Crippen molar-refractivity contribution in [3.05, 3.63) is 52.9 Å². The molecule has 4 unspecified atom stereocenters. The number of aromatic nitrogens is 2. The van der Waals surface area contributed by atoms with Gasteiger partial charge in [-0.05, 0) is 56.7 Å². The van der Waals surface area contributed by atoms with E-state index in [1.165, 1.54) is 38.1 Å². The van der Waals surface area contributed by atoms with E-state index in [0.717, 1.165) is 42.9 Å². The van der Waals surface area contributed by atoms with Gasteiger partial charge in [0.15, 0.2) is 0 Å². The minimum absolute atomic E-state index is 0.143. The second-order valence-electron chi connectivity index (χ2n) is 10.6. The fourth-order valence-electron chi connectivity index (χ4n) is 7.50. The number of methoxy groups -OCH3 is 1. The Bertz CT molecular complexity index is 1120. The summed E-state index contributed by atoms with van der Waals surface area (Å²) in [5.74, 6) is 0.841. The molecule has 6 rings (SSSR count). The SMILES string of the molecule is COC(=O)N1CCc2nc(C)n(C3CC4N(CC[C@H](N)c5cccc(F)c5)C5CCC54C3)c2C1. The van der Waals surface area contributed by atoms with E-state index in [4.69, 9.17) is 15.5 Å². The first-order valence-electron chi connectivity index (χ1n) is 12.6. The summed E-state index contributed by atoms with van der Waals surface area (Å²) >= 11 is 0. The highest BCUT2D eigenvalue weighted by molar-refractivity contribution is 5.67. The van der Waals surface area contributed by atoms with Crippen LogP contribution in [0.25, 0.3) is 0 Å². The highest BCUT2D eigenvalue weighted by Gasteiger charge is 2.69. The number of nitrogens with zero attached hydrogens (tertiary/aromatic N) is 4. The van der Waals surface area contributed by atoms with Crippen molar-refractivity contribution >= 4 is 6.09 Å². The molecule has 3 fully saturated rings. The Morgan fingerprint density at radius 2 is 2.24 bits per heavy atom. The van der Waals surface area contributed by atoms with Crippen LogP contribution in [0.3, 0.4) is 0 Å². The molecule has 2 aliphatic heterocycles. The van der Waals surface area contributed by atoms with Gasteiger partial charge in [0.1, 0.15) is 11.6 Å². The minimum Gasteiger partial charge on any atom is -0.453 e. The van der Waals surface area contributed by atoms with Crippen LogP contribution >= 0.6 is 0 Å². The molecule has 5 atom stereocenters. The van der Waals surface area contributed by atoms with Crippen LogP contribution in [0.15, 0.2) is 24.3 Å². The van der Waals surface area contributed by atoms with Crippen LogP contribution in [0, 0.1) is 18.2 Å². The Morgan fingerprint density at radius 3 is 2.97 bits per heavy atom. The molecular formula is C26H34FN5O2. The number of rotatable bonds is 5. The van der Waals surface area contributed by atoms with Gasteiger partial charge in [-0.15, -0.1) is 0 Å². The van der Waals surface area contributed by atoms with Gasteiger partial charge in [-0.3, -0.25) is 4.90 Å². The van der Waals surface area contributed by atoms with Crippen LogP contribution in [0.5, 0.6) is 0 Å². The Labute approximate surface area is 200 Å². The monoisotopic (exact) mass is 467 g/mol. The van der Waals surface area contributed by atoms with E-state index in [1.807, 2.05) is 6.07 Å². The van der Waals surface area contributed by atoms with Gasteiger partial charge in [-0.2, -0.15) is 0 Å². The van der Waals surface area contributed by atoms with Gasteiger partial charge in [0.25, 0.3) is 0 Å². The first-order chi connectivity index (χ1) is 16.4. The Hall–Kier alpha value is -2.45. The number of likely N-dealkylation sites (tertiary alicyclic amines) is 1. The third-order valence-corrected chi connectivity index (χ3v) is 9.12. The van der Waals surface area contributed by atoms with Crippen molar-refractivity contribution in [2.24, 2.45) is 11.1 Å². The lowest BCUT2D eigenvalue weighted by Crippen LogP contribution is -2.74. The molecule has 7 nitrogen and oxygen atoms in total. The molecule has 4 aliphatic rings. The predicted octanol–water partition coefficient (Wildman–Crippen LogP) is 3.71. The summed E-state index contributed by atoms with van der Waals surface area (Å²) in [6.07, 6.45) is 6.23. The molecule has 34 heavy (non-hydrogen) atoms. The smallest absolute Gasteiger partial charge is 0.409 e. The number of hydrogen-bond donors (Lipinski definition) is 1. The molecular weight excluding hydrogens is 433 g/mol. The van der Waals surface area contributed by atoms with Crippen molar-refractivity contribution in [3.63, 3.8) is 0 Å². The fraction of sp³-hybridized carbons (Fsp3) is 0.615. The molecule has 1 saturated heterocycles. The lowest BCUT2D eigenvalue weighted by atomic mass is 9.53. The number of aryl methyl sites for hydroxylation is 1. The molecule has 8 heteroatoms. The number of amides is 1. The van der Waals surface area contributed by atoms with Crippen LogP contribution in [0.4, 0.5) is 9.18 Å². The van der Waals surface area contributed by atoms with Gasteiger partial charge in [-0.1, -0.05) is 12.1 Å². The van der Waals surface area contributed by atoms with Gasteiger partial charge in [-0.25, -0.2) is 14.2 Å². The Kier molecular flexibility index (Phi) is 5.22. The topological polar surface area (TPSA) is 76.6 Å². The van der Waals surface area contributed by atoms with E-state index >= 15 is 0 Å². The maximum Gasteiger partial charge on any atom is 0.409 e. The van der Waals surface area contributed by atoms with Crippen molar-refractivity contribution in [1.82, 2.24) is 19.4 Å². The summed E-state index contributed by atoms with van der Waals surface area (Å²) in [5, 5.41) is 0. The molecule has 2 N–H and O–H groups in total. The van der Waals surface area contributed by atoms with E-state index in [2.05, 4.69) is 16.4 Å². The molecule has 0 radical (unpaired) electrons. The number of hydrogen-bond acceptors (Lipinski definition) is 5. The highest BCUT2D eigenvalue weighted by atomic mass is 19.1. The summed E-state index contributed by atoms with van der Waals surface area (Å²) in [6, 6.07) is 8.19. The summed E-state index contributed by atoms with van der Waals surface area (Å²) in [7, 11) is 1.44. The second-order valence-corrected chi connectivity index (χ2v) is 10.6. The zero-order valence-electron chi connectivity index (χ0n) is 20.0. The van der Waals surface area contributed by atoms with E-state index in [-0.39, 0.29) is 18.0 Å². The number of halogens is 1. The van der Waals surface area contributed by atoms with Crippen molar-refractivity contribution < 1.29 is 13.9 Å². The highest BCUT2D eigenvalue weighted by Crippen LogP contribution is 2.67. The van der Waals surface area contributed by atoms with E-state index in [0.29, 0.717) is 36.6 Å². The largest absolute Gasteiger partial charge is 0.453 e. The van der Waals surface area contributed by atoms with E-state index < -0.39 is 0 Å². The number of imidazole rings is 1. The molecule has 1 aromatic carbocycles. The normalized spacial score (nSPS) is 30.6. The number of fused-ring (bicyclic) bond motifs is 1. The standard InChI is InChI=1S/C26H34FN5O2/c1-16-29-21-8-10-30(25(33)34-2)15-22(21)32(16)19-13-24-26(14-19)9-6-23(26)31(24)11-7-20(28)17-4-3-5-18(27)12-17/h3-5,12,19-20,23-24H,6-11,13-15,28H2,1-2H3/t19?,20-,23?,24?,26?/m0/s1. The van der Waals surface area contributed by atoms with Crippen LogP contribution in [0.1, 0.15) is 67.0 Å². The zero-order valence-corrected chi connectivity index (χ0v) is 20.0. The van der Waals surface area contributed by atoms with Gasteiger partial charge in [0.2, 0.25) is 0 Å². The van der Waals surface area contributed by atoms with Crippen molar-refractivity contribution in [1.29, 1.82) is 0 Å². The summed E-state index contributed by atoms with van der Waals surface area (Å²) in [5.41, 5.74) is 10.0. The third-order valence-electron chi connectivity index (χ3n) is 9.12. The second kappa shape index (κ2) is 8.05. The molecule has 1 amide bonds. The van der Waals surface area contributed by atoms with Gasteiger partial charge in [0.05, 0.1) is 25.0 Å². The lowest BCUT2D eigenvalue weighted by molar-refractivity contribution is -0.188. The summed E-state index contributed by atoms with van der Waals surface area (Å²) in [6.45, 7) is 4.30. The van der Waals surface area contributed by atoms with Crippen molar-refractivity contribution in [2.75, 3.05) is 20.2 Å². The molecule has 182 valence electrons. The molecule has 2 saturated carbocycles. The van der Waals surface area contributed by atoms with E-state index in [1.54, 1.807) is 17.0 Å². The van der Waals surface area contributed by atoms with Gasteiger partial charge in [0, 0.05) is 49.1 Å². The number of benzene rings is 1. The minimum atomic E-state index is -0.263. The Balaban J connectivity index is 1.17. The average Bonchev–Trinajstić information content (AvgIpc) is 3.36. The van der Waals surface area contributed by atoms with Crippen LogP contribution in [0.2, 0.25) is 0 Å². The first-order valence-corrected chi connectivity index (χ1v) is 12.6. The molecule has 2 aromatic rings. The third kappa shape index (κ3) is 3.22. The molecule has 1 spiro atoms. The quantitative estimate of drug-likeness (QED) is 0.726. The number of piperidine rings is 1. The van der Waals surface area contributed by atoms with Crippen molar-refractivity contribution in [3.8, 4) is 0 Å². The number of carbonyl (C=O) groups is 1. The number of ether oxygens (including phenoxy) is 1. The molecule has 0 bridgehead atoms. The summed E-state index contributed by atoms with van der Waals surface area (Å²) < 4.78 is 21.0. The van der Waals surface area contributed by atoms with Crippen LogP contribution < -0.4 is 5.73 Å². The predicted molar refractivity (Wildman–Crippen MR) is 126 cm³/mol. The summed E-state index contributed by atoms with van der Waals surface area (Å²) in [4.78, 5) is 21.5. The number of carbonyl (C=O) groups excluding carboxylic acids is 1. The van der Waals surface area contributed by atoms with Crippen LogP contribution in [-0.2, 0) is 17.7 Å². The first kappa shape index (κ1) is 22.0. The maximum absolute atomic E-state index is 13.6. The van der Waals surface area contributed by atoms with Crippen LogP contribution in [-0.4, -0.2) is 57.7 Å². The molecule has 1 aromatic heterocycles. The zero-order chi connectivity index (χ0) is 23.6. The van der Waals surface area contributed by atoms with Crippen molar-refractivity contribution in [2.45, 2.75) is 76.2 Å². The lowest BCUT2D eigenvalue weighted by Gasteiger charge is -2.68. The average molecular weight is 468 g/mol. The fourth-order valence-corrected chi connectivity index (χ4v) is 7.50. The van der Waals surface area contributed by atoms with Gasteiger partial charge >= 0.3 is 6.09 Å². The van der Waals surface area contributed by atoms with E-state index in [9.17, 15) is 9.18 Å².